The number of imidazole rings is 1. The number of halogens is 2. The van der Waals surface area contributed by atoms with Gasteiger partial charge in [0.25, 0.3) is 0 Å². The molecule has 0 unspecified atom stereocenters. The van der Waals surface area contributed by atoms with Gasteiger partial charge in [0.2, 0.25) is 0 Å². The zero-order valence-corrected chi connectivity index (χ0v) is 16.3. The summed E-state index contributed by atoms with van der Waals surface area (Å²) in [4.78, 5) is 17.2. The number of hydrogen-bond acceptors (Lipinski definition) is 2. The Bertz CT molecular complexity index is 1200. The van der Waals surface area contributed by atoms with Crippen LogP contribution < -0.4 is 10.6 Å². The highest BCUT2D eigenvalue weighted by molar-refractivity contribution is 5.99. The Morgan fingerprint density at radius 1 is 0.967 bits per heavy atom. The van der Waals surface area contributed by atoms with E-state index in [1.54, 1.807) is 4.40 Å². The number of amides is 2. The summed E-state index contributed by atoms with van der Waals surface area (Å²) in [6.45, 7) is 1.97. The summed E-state index contributed by atoms with van der Waals surface area (Å²) in [6.07, 6.45) is 3.24. The molecule has 0 aliphatic carbocycles. The summed E-state index contributed by atoms with van der Waals surface area (Å²) in [6, 6.07) is 16.5. The van der Waals surface area contributed by atoms with Crippen LogP contribution in [-0.2, 0) is 12.8 Å². The Hall–Kier alpha value is -3.74. The molecule has 2 aromatic carbocycles. The van der Waals surface area contributed by atoms with Crippen molar-refractivity contribution >= 4 is 23.2 Å². The molecule has 152 valence electrons. The first kappa shape index (κ1) is 19.6. The van der Waals surface area contributed by atoms with Crippen molar-refractivity contribution < 1.29 is 13.6 Å². The molecule has 4 aromatic rings. The average molecular weight is 406 g/mol. The summed E-state index contributed by atoms with van der Waals surface area (Å²) < 4.78 is 28.3. The smallest absolute Gasteiger partial charge is 0.308 e. The number of carbonyl (C=O) groups excluding carboxylic acids is 1. The molecule has 5 nitrogen and oxygen atoms in total. The summed E-state index contributed by atoms with van der Waals surface area (Å²) in [5, 5.41) is 5.33. The third-order valence-electron chi connectivity index (χ3n) is 4.76. The minimum Gasteiger partial charge on any atom is -0.308 e. The molecule has 0 aliphatic rings. The molecule has 0 atom stereocenters. The van der Waals surface area contributed by atoms with E-state index in [1.165, 1.54) is 11.6 Å². The zero-order valence-electron chi connectivity index (χ0n) is 16.3. The predicted octanol–water partition coefficient (Wildman–Crippen LogP) is 5.35. The minimum absolute atomic E-state index is 0.155. The van der Waals surface area contributed by atoms with Crippen LogP contribution in [0.2, 0.25) is 0 Å². The Morgan fingerprint density at radius 3 is 2.53 bits per heavy atom. The van der Waals surface area contributed by atoms with Gasteiger partial charge in [-0.3, -0.25) is 9.72 Å². The second kappa shape index (κ2) is 8.32. The highest BCUT2D eigenvalue weighted by Crippen LogP contribution is 2.22. The zero-order chi connectivity index (χ0) is 21.1. The van der Waals surface area contributed by atoms with Crippen LogP contribution in [0.5, 0.6) is 0 Å². The lowest BCUT2D eigenvalue weighted by atomic mass is 10.1. The SMILES string of the molecule is Cc1ccn2c(NC(=O)Nc3ccc(F)c(F)c3)c(CCc3ccccc3)nc2c1. The first-order valence-electron chi connectivity index (χ1n) is 9.54. The summed E-state index contributed by atoms with van der Waals surface area (Å²) in [7, 11) is 0. The van der Waals surface area contributed by atoms with Crippen molar-refractivity contribution in [3.63, 3.8) is 0 Å². The molecular formula is C23H20F2N4O. The number of rotatable bonds is 5. The average Bonchev–Trinajstić information content (AvgIpc) is 3.06. The molecule has 2 aromatic heterocycles. The highest BCUT2D eigenvalue weighted by Gasteiger charge is 2.16. The van der Waals surface area contributed by atoms with Gasteiger partial charge in [-0.25, -0.2) is 18.6 Å². The van der Waals surface area contributed by atoms with Gasteiger partial charge < -0.3 is 5.32 Å². The fourth-order valence-electron chi connectivity index (χ4n) is 3.25. The van der Waals surface area contributed by atoms with Crippen LogP contribution in [0.25, 0.3) is 5.65 Å². The largest absolute Gasteiger partial charge is 0.324 e. The van der Waals surface area contributed by atoms with E-state index in [2.05, 4.69) is 15.6 Å². The van der Waals surface area contributed by atoms with E-state index in [1.807, 2.05) is 55.6 Å². The second-order valence-corrected chi connectivity index (χ2v) is 7.03. The molecule has 0 saturated heterocycles. The third kappa shape index (κ3) is 4.30. The van der Waals surface area contributed by atoms with E-state index >= 15 is 0 Å². The van der Waals surface area contributed by atoms with E-state index in [4.69, 9.17) is 0 Å². The van der Waals surface area contributed by atoms with Crippen LogP contribution in [0, 0.1) is 18.6 Å². The van der Waals surface area contributed by atoms with Crippen molar-refractivity contribution in [1.29, 1.82) is 0 Å². The summed E-state index contributed by atoms with van der Waals surface area (Å²) in [5.41, 5.74) is 3.84. The minimum atomic E-state index is -1.03. The third-order valence-corrected chi connectivity index (χ3v) is 4.76. The second-order valence-electron chi connectivity index (χ2n) is 7.03. The molecular weight excluding hydrogens is 386 g/mol. The number of carbonyl (C=O) groups is 1. The summed E-state index contributed by atoms with van der Waals surface area (Å²) in [5.74, 6) is -1.45. The van der Waals surface area contributed by atoms with Gasteiger partial charge >= 0.3 is 6.03 Å². The maximum Gasteiger partial charge on any atom is 0.324 e. The molecule has 0 aliphatic heterocycles. The van der Waals surface area contributed by atoms with Crippen LogP contribution in [0.1, 0.15) is 16.8 Å². The molecule has 30 heavy (non-hydrogen) atoms. The predicted molar refractivity (Wildman–Crippen MR) is 113 cm³/mol. The van der Waals surface area contributed by atoms with Crippen molar-refractivity contribution in [2.75, 3.05) is 10.6 Å². The number of fused-ring (bicyclic) bond motifs is 1. The highest BCUT2D eigenvalue weighted by atomic mass is 19.2. The van der Waals surface area contributed by atoms with Crippen LogP contribution in [0.15, 0.2) is 66.9 Å². The van der Waals surface area contributed by atoms with Crippen LogP contribution in [-0.4, -0.2) is 15.4 Å². The van der Waals surface area contributed by atoms with Gasteiger partial charge in [0, 0.05) is 18.0 Å². The molecule has 4 rings (SSSR count). The molecule has 0 spiro atoms. The lowest BCUT2D eigenvalue weighted by Gasteiger charge is -2.10. The molecule has 2 amide bonds. The van der Waals surface area contributed by atoms with E-state index in [0.29, 0.717) is 12.2 Å². The van der Waals surface area contributed by atoms with E-state index in [-0.39, 0.29) is 5.69 Å². The standard InChI is InChI=1S/C23H20F2N4O/c1-15-11-12-29-21(13-15)27-20(10-7-16-5-3-2-4-6-16)22(29)28-23(30)26-17-8-9-18(24)19(25)14-17/h2-6,8-9,11-14H,7,10H2,1H3,(H2,26,28,30). The van der Waals surface area contributed by atoms with Crippen molar-refractivity contribution in [2.45, 2.75) is 19.8 Å². The first-order valence-corrected chi connectivity index (χ1v) is 9.54. The number of aromatic nitrogens is 2. The fraction of sp³-hybridized carbons (Fsp3) is 0.130. The molecule has 0 radical (unpaired) electrons. The number of aryl methyl sites for hydroxylation is 3. The number of nitrogens with one attached hydrogen (secondary N) is 2. The van der Waals surface area contributed by atoms with Gasteiger partial charge in [-0.1, -0.05) is 30.3 Å². The lowest BCUT2D eigenvalue weighted by molar-refractivity contribution is 0.262. The van der Waals surface area contributed by atoms with Crippen LogP contribution >= 0.6 is 0 Å². The van der Waals surface area contributed by atoms with E-state index in [0.717, 1.165) is 35.5 Å². The van der Waals surface area contributed by atoms with Gasteiger partial charge in [-0.05, 0) is 55.2 Å². The number of nitrogens with zero attached hydrogens (tertiary/aromatic N) is 2. The number of anilines is 2. The Morgan fingerprint density at radius 2 is 1.77 bits per heavy atom. The van der Waals surface area contributed by atoms with Gasteiger partial charge in [0.1, 0.15) is 11.5 Å². The molecule has 2 N–H and O–H groups in total. The Balaban J connectivity index is 1.59. The molecule has 0 bridgehead atoms. The number of pyridine rings is 1. The molecule has 0 fully saturated rings. The van der Waals surface area contributed by atoms with Crippen molar-refractivity contribution in [3.8, 4) is 0 Å². The van der Waals surface area contributed by atoms with E-state index < -0.39 is 17.7 Å². The monoisotopic (exact) mass is 406 g/mol. The Kier molecular flexibility index (Phi) is 5.43. The van der Waals surface area contributed by atoms with Gasteiger partial charge in [0.05, 0.1) is 5.69 Å². The normalized spacial score (nSPS) is 10.9. The molecule has 0 saturated carbocycles. The van der Waals surface area contributed by atoms with Crippen molar-refractivity contribution in [1.82, 2.24) is 9.38 Å². The maximum absolute atomic E-state index is 13.4. The van der Waals surface area contributed by atoms with Gasteiger partial charge in [0.15, 0.2) is 11.6 Å². The van der Waals surface area contributed by atoms with Crippen molar-refractivity contribution in [3.05, 3.63) is 95.3 Å². The quantitative estimate of drug-likeness (QED) is 0.469. The van der Waals surface area contributed by atoms with Gasteiger partial charge in [-0.2, -0.15) is 0 Å². The topological polar surface area (TPSA) is 58.4 Å². The van der Waals surface area contributed by atoms with E-state index in [9.17, 15) is 13.6 Å². The number of hydrogen-bond donors (Lipinski definition) is 2. The molecule has 2 heterocycles. The number of benzene rings is 2. The lowest BCUT2D eigenvalue weighted by Crippen LogP contribution is -2.21. The van der Waals surface area contributed by atoms with Crippen LogP contribution in [0.4, 0.5) is 25.1 Å². The van der Waals surface area contributed by atoms with Gasteiger partial charge in [-0.15, -0.1) is 0 Å². The fourth-order valence-corrected chi connectivity index (χ4v) is 3.25. The van der Waals surface area contributed by atoms with Crippen LogP contribution in [0.3, 0.4) is 0 Å². The van der Waals surface area contributed by atoms with Crippen molar-refractivity contribution in [2.24, 2.45) is 0 Å². The maximum atomic E-state index is 13.4. The first-order chi connectivity index (χ1) is 14.5. The summed E-state index contributed by atoms with van der Waals surface area (Å²) >= 11 is 0. The molecule has 7 heteroatoms. The number of urea groups is 1. The Labute approximate surface area is 172 Å².